The van der Waals surface area contributed by atoms with Gasteiger partial charge in [-0.05, 0) is 30.7 Å². The highest BCUT2D eigenvalue weighted by Crippen LogP contribution is 2.23. The average Bonchev–Trinajstić information content (AvgIpc) is 3.14. The van der Waals surface area contributed by atoms with Gasteiger partial charge in [-0.3, -0.25) is 4.79 Å². The van der Waals surface area contributed by atoms with Gasteiger partial charge in [-0.15, -0.1) is 0 Å². The summed E-state index contributed by atoms with van der Waals surface area (Å²) in [4.78, 5) is 14.1. The van der Waals surface area contributed by atoms with E-state index in [0.29, 0.717) is 12.2 Å². The number of halogens is 1. The Bertz CT molecular complexity index is 801. The zero-order valence-electron chi connectivity index (χ0n) is 12.3. The zero-order chi connectivity index (χ0) is 16.4. The number of sulfone groups is 1. The van der Waals surface area contributed by atoms with Gasteiger partial charge in [0, 0.05) is 6.04 Å². The lowest BCUT2D eigenvalue weighted by molar-refractivity contribution is 0.0661. The zero-order valence-corrected chi connectivity index (χ0v) is 13.1. The predicted octanol–water partition coefficient (Wildman–Crippen LogP) is 2.25. The van der Waals surface area contributed by atoms with Crippen LogP contribution in [0.25, 0.3) is 0 Å². The summed E-state index contributed by atoms with van der Waals surface area (Å²) in [5.74, 6) is -0.687. The molecule has 7 heteroatoms. The molecule has 0 aliphatic carbocycles. The molecule has 1 aliphatic rings. The van der Waals surface area contributed by atoms with Crippen molar-refractivity contribution in [3.8, 4) is 0 Å². The van der Waals surface area contributed by atoms with Crippen LogP contribution in [0.5, 0.6) is 0 Å². The third-order valence-electron chi connectivity index (χ3n) is 3.92. The summed E-state index contributed by atoms with van der Waals surface area (Å²) in [6.07, 6.45) is 1.83. The first-order valence-corrected chi connectivity index (χ1v) is 9.07. The lowest BCUT2D eigenvalue weighted by Crippen LogP contribution is -2.40. The number of carbonyl (C=O) groups is 1. The number of amides is 1. The third-order valence-corrected chi connectivity index (χ3v) is 5.67. The van der Waals surface area contributed by atoms with E-state index in [2.05, 4.69) is 0 Å². The normalized spacial score (nSPS) is 19.6. The molecule has 0 bridgehead atoms. The predicted molar refractivity (Wildman–Crippen MR) is 82.0 cm³/mol. The van der Waals surface area contributed by atoms with Crippen molar-refractivity contribution in [3.05, 3.63) is 59.8 Å². The van der Waals surface area contributed by atoms with Gasteiger partial charge in [-0.2, -0.15) is 0 Å². The van der Waals surface area contributed by atoms with Gasteiger partial charge >= 0.3 is 0 Å². The molecule has 3 rings (SSSR count). The molecule has 0 N–H and O–H groups in total. The molecular formula is C16H16FNO4S. The number of benzene rings is 1. The Morgan fingerprint density at radius 2 is 2.04 bits per heavy atom. The van der Waals surface area contributed by atoms with Crippen molar-refractivity contribution in [2.75, 3.05) is 11.5 Å². The summed E-state index contributed by atoms with van der Waals surface area (Å²) in [6.45, 7) is 0.111. The van der Waals surface area contributed by atoms with E-state index in [4.69, 9.17) is 4.42 Å². The van der Waals surface area contributed by atoms with Gasteiger partial charge in [0.25, 0.3) is 5.91 Å². The molecule has 1 aromatic carbocycles. The number of rotatable bonds is 4. The van der Waals surface area contributed by atoms with Crippen LogP contribution in [0.15, 0.2) is 47.1 Å². The van der Waals surface area contributed by atoms with Crippen molar-refractivity contribution in [1.82, 2.24) is 4.90 Å². The highest BCUT2D eigenvalue weighted by molar-refractivity contribution is 7.91. The number of hydrogen-bond donors (Lipinski definition) is 0. The number of carbonyl (C=O) groups excluding carboxylic acids is 1. The van der Waals surface area contributed by atoms with Crippen molar-refractivity contribution < 1.29 is 22.0 Å². The van der Waals surface area contributed by atoms with Crippen molar-refractivity contribution in [2.45, 2.75) is 19.0 Å². The minimum absolute atomic E-state index is 0.0386. The van der Waals surface area contributed by atoms with Crippen LogP contribution >= 0.6 is 0 Å². The first kappa shape index (κ1) is 15.7. The second-order valence-corrected chi connectivity index (χ2v) is 7.78. The maximum absolute atomic E-state index is 13.9. The van der Waals surface area contributed by atoms with Crippen LogP contribution in [0.3, 0.4) is 0 Å². The van der Waals surface area contributed by atoms with Gasteiger partial charge in [0.05, 0.1) is 29.9 Å². The Labute approximate surface area is 133 Å². The largest absolute Gasteiger partial charge is 0.467 e. The maximum atomic E-state index is 13.9. The van der Waals surface area contributed by atoms with Crippen molar-refractivity contribution in [3.63, 3.8) is 0 Å². The molecule has 1 atom stereocenters. The van der Waals surface area contributed by atoms with Gasteiger partial charge in [-0.1, -0.05) is 12.1 Å². The summed E-state index contributed by atoms with van der Waals surface area (Å²) in [5, 5.41) is 0. The monoisotopic (exact) mass is 337 g/mol. The summed E-state index contributed by atoms with van der Waals surface area (Å²) in [6, 6.07) is 8.60. The van der Waals surface area contributed by atoms with E-state index in [1.54, 1.807) is 18.2 Å². The van der Waals surface area contributed by atoms with Crippen LogP contribution in [0.2, 0.25) is 0 Å². The summed E-state index contributed by atoms with van der Waals surface area (Å²) < 4.78 is 42.7. The molecule has 1 saturated heterocycles. The van der Waals surface area contributed by atoms with Gasteiger partial charge in [0.15, 0.2) is 9.84 Å². The van der Waals surface area contributed by atoms with E-state index in [1.165, 1.54) is 29.4 Å². The van der Waals surface area contributed by atoms with Gasteiger partial charge < -0.3 is 9.32 Å². The van der Waals surface area contributed by atoms with E-state index in [9.17, 15) is 17.6 Å². The molecule has 0 saturated carbocycles. The Kier molecular flexibility index (Phi) is 4.21. The standard InChI is InChI=1S/C16H16FNO4S/c17-15-6-2-1-5-14(15)16(19)18(10-13-4-3-8-22-13)12-7-9-23(20,21)11-12/h1-6,8,12H,7,9-11H2. The highest BCUT2D eigenvalue weighted by Gasteiger charge is 2.36. The molecule has 1 unspecified atom stereocenters. The molecule has 0 spiro atoms. The van der Waals surface area contributed by atoms with Crippen molar-refractivity contribution >= 4 is 15.7 Å². The minimum atomic E-state index is -3.16. The van der Waals surface area contributed by atoms with Crippen LogP contribution in [0.1, 0.15) is 22.5 Å². The summed E-state index contributed by atoms with van der Waals surface area (Å²) in [7, 11) is -3.16. The fourth-order valence-corrected chi connectivity index (χ4v) is 4.48. The van der Waals surface area contributed by atoms with Crippen LogP contribution in [-0.4, -0.2) is 36.8 Å². The molecule has 23 heavy (non-hydrogen) atoms. The van der Waals surface area contributed by atoms with Crippen LogP contribution in [0, 0.1) is 5.82 Å². The molecular weight excluding hydrogens is 321 g/mol. The highest BCUT2D eigenvalue weighted by atomic mass is 32.2. The van der Waals surface area contributed by atoms with Gasteiger partial charge in [0.2, 0.25) is 0 Å². The van der Waals surface area contributed by atoms with Crippen LogP contribution in [0.4, 0.5) is 4.39 Å². The number of hydrogen-bond acceptors (Lipinski definition) is 4. The van der Waals surface area contributed by atoms with Crippen LogP contribution in [-0.2, 0) is 16.4 Å². The Morgan fingerprint density at radius 3 is 2.65 bits per heavy atom. The average molecular weight is 337 g/mol. The minimum Gasteiger partial charge on any atom is -0.467 e. The van der Waals surface area contributed by atoms with E-state index in [1.807, 2.05) is 0 Å². The lowest BCUT2D eigenvalue weighted by Gasteiger charge is -2.27. The Morgan fingerprint density at radius 1 is 1.26 bits per heavy atom. The molecule has 122 valence electrons. The molecule has 1 amide bonds. The van der Waals surface area contributed by atoms with Gasteiger partial charge in [-0.25, -0.2) is 12.8 Å². The SMILES string of the molecule is O=C(c1ccccc1F)N(Cc1ccco1)C1CCS(=O)(=O)C1. The fraction of sp³-hybridized carbons (Fsp3) is 0.312. The van der Waals surface area contributed by atoms with Crippen molar-refractivity contribution in [2.24, 2.45) is 0 Å². The first-order chi connectivity index (χ1) is 11.0. The first-order valence-electron chi connectivity index (χ1n) is 7.24. The van der Waals surface area contributed by atoms with E-state index in [-0.39, 0.29) is 23.6 Å². The molecule has 1 aromatic heterocycles. The van der Waals surface area contributed by atoms with Crippen LogP contribution < -0.4 is 0 Å². The Balaban J connectivity index is 1.91. The van der Waals surface area contributed by atoms with Crippen molar-refractivity contribution in [1.29, 1.82) is 0 Å². The second-order valence-electron chi connectivity index (χ2n) is 5.55. The maximum Gasteiger partial charge on any atom is 0.257 e. The fourth-order valence-electron chi connectivity index (χ4n) is 2.75. The smallest absolute Gasteiger partial charge is 0.257 e. The van der Waals surface area contributed by atoms with Gasteiger partial charge in [0.1, 0.15) is 11.6 Å². The van der Waals surface area contributed by atoms with E-state index < -0.39 is 27.6 Å². The number of furan rings is 1. The summed E-state index contributed by atoms with van der Waals surface area (Å²) >= 11 is 0. The van der Waals surface area contributed by atoms with E-state index in [0.717, 1.165) is 0 Å². The van der Waals surface area contributed by atoms with E-state index >= 15 is 0 Å². The quantitative estimate of drug-likeness (QED) is 0.858. The molecule has 5 nitrogen and oxygen atoms in total. The second kappa shape index (κ2) is 6.16. The molecule has 2 heterocycles. The summed E-state index contributed by atoms with van der Waals surface area (Å²) in [5.41, 5.74) is -0.0663. The number of nitrogens with zero attached hydrogens (tertiary/aromatic N) is 1. The molecule has 1 fully saturated rings. The Hall–Kier alpha value is -2.15. The molecule has 0 radical (unpaired) electrons. The third kappa shape index (κ3) is 3.44. The topological polar surface area (TPSA) is 67.6 Å². The lowest BCUT2D eigenvalue weighted by atomic mass is 10.1. The molecule has 2 aromatic rings. The molecule has 1 aliphatic heterocycles.